The average Bonchev–Trinajstić information content (AvgIpc) is 2.91. The van der Waals surface area contributed by atoms with Crippen molar-refractivity contribution in [3.8, 4) is 5.75 Å². The molecule has 1 N–H and O–H groups in total. The number of carbonyl (C=O) groups is 2. The fourth-order valence-corrected chi connectivity index (χ4v) is 5.38. The molecule has 0 saturated heterocycles. The van der Waals surface area contributed by atoms with Crippen LogP contribution in [0.15, 0.2) is 72.8 Å². The van der Waals surface area contributed by atoms with Crippen molar-refractivity contribution in [2.45, 2.75) is 64.1 Å². The van der Waals surface area contributed by atoms with E-state index < -0.39 is 6.04 Å². The summed E-state index contributed by atoms with van der Waals surface area (Å²) in [5.74, 6) is -0.0604. The second-order valence-corrected chi connectivity index (χ2v) is 10.8. The van der Waals surface area contributed by atoms with Gasteiger partial charge in [0.1, 0.15) is 11.8 Å². The Labute approximate surface area is 235 Å². The topological polar surface area (TPSA) is 58.6 Å². The van der Waals surface area contributed by atoms with Crippen LogP contribution >= 0.6 is 23.2 Å². The number of aryl methyl sites for hydroxylation is 1. The van der Waals surface area contributed by atoms with Crippen LogP contribution in [0.2, 0.25) is 10.0 Å². The fraction of sp³-hybridized carbons (Fsp3) is 0.355. The molecule has 4 rings (SSSR count). The van der Waals surface area contributed by atoms with E-state index in [0.717, 1.165) is 42.4 Å². The van der Waals surface area contributed by atoms with Gasteiger partial charge >= 0.3 is 0 Å². The number of hydrogen-bond acceptors (Lipinski definition) is 3. The van der Waals surface area contributed by atoms with Crippen LogP contribution in [0.3, 0.4) is 0 Å². The van der Waals surface area contributed by atoms with Gasteiger partial charge in [-0.1, -0.05) is 103 Å². The molecular formula is C31H34Cl2N2O3. The molecule has 1 atom stereocenters. The van der Waals surface area contributed by atoms with Crippen LogP contribution in [0.25, 0.3) is 0 Å². The normalized spacial score (nSPS) is 14.5. The first kappa shape index (κ1) is 28.0. The molecule has 0 unspecified atom stereocenters. The highest BCUT2D eigenvalue weighted by molar-refractivity contribution is 6.35. The average molecular weight is 554 g/mol. The minimum Gasteiger partial charge on any atom is -0.482 e. The summed E-state index contributed by atoms with van der Waals surface area (Å²) in [6, 6.07) is 22.1. The smallest absolute Gasteiger partial charge is 0.261 e. The summed E-state index contributed by atoms with van der Waals surface area (Å²) in [5.41, 5.74) is 3.02. The molecule has 1 saturated carbocycles. The summed E-state index contributed by atoms with van der Waals surface area (Å²) in [4.78, 5) is 29.2. The SMILES string of the molecule is Cc1cccc(CN(C(=O)COc2ccc(Cl)cc2Cl)[C@H](Cc2ccccc2)C(=O)NC2CCCCC2)c1. The molecule has 7 heteroatoms. The maximum atomic E-state index is 13.8. The lowest BCUT2D eigenvalue weighted by molar-refractivity contribution is -0.143. The van der Waals surface area contributed by atoms with Crippen molar-refractivity contribution in [1.29, 1.82) is 0 Å². The highest BCUT2D eigenvalue weighted by Crippen LogP contribution is 2.28. The number of benzene rings is 3. The number of hydrogen-bond donors (Lipinski definition) is 1. The molecule has 0 aromatic heterocycles. The molecule has 0 radical (unpaired) electrons. The Kier molecular flexibility index (Phi) is 10.1. The van der Waals surface area contributed by atoms with Gasteiger partial charge in [0.25, 0.3) is 5.91 Å². The van der Waals surface area contributed by atoms with Crippen molar-refractivity contribution in [2.75, 3.05) is 6.61 Å². The Morgan fingerprint density at radius 1 is 0.947 bits per heavy atom. The van der Waals surface area contributed by atoms with E-state index in [1.54, 1.807) is 23.1 Å². The molecule has 0 bridgehead atoms. The Hall–Kier alpha value is -3.02. The first-order valence-electron chi connectivity index (χ1n) is 13.2. The highest BCUT2D eigenvalue weighted by atomic mass is 35.5. The van der Waals surface area contributed by atoms with Crippen molar-refractivity contribution in [3.63, 3.8) is 0 Å². The molecule has 3 aromatic rings. The zero-order chi connectivity index (χ0) is 26.9. The van der Waals surface area contributed by atoms with Gasteiger partial charge in [-0.25, -0.2) is 0 Å². The van der Waals surface area contributed by atoms with Crippen molar-refractivity contribution in [3.05, 3.63) is 99.5 Å². The summed E-state index contributed by atoms with van der Waals surface area (Å²) in [5, 5.41) is 4.06. The Morgan fingerprint density at radius 2 is 1.68 bits per heavy atom. The van der Waals surface area contributed by atoms with Gasteiger partial charge in [-0.2, -0.15) is 0 Å². The largest absolute Gasteiger partial charge is 0.482 e. The maximum Gasteiger partial charge on any atom is 0.261 e. The summed E-state index contributed by atoms with van der Waals surface area (Å²) in [6.07, 6.45) is 5.74. The van der Waals surface area contributed by atoms with Gasteiger partial charge in [-0.15, -0.1) is 0 Å². The second-order valence-electron chi connectivity index (χ2n) is 9.92. The number of carbonyl (C=O) groups excluding carboxylic acids is 2. The molecule has 0 aliphatic heterocycles. The molecule has 2 amide bonds. The van der Waals surface area contributed by atoms with E-state index in [9.17, 15) is 9.59 Å². The van der Waals surface area contributed by atoms with Crippen LogP contribution in [0, 0.1) is 6.92 Å². The molecule has 3 aromatic carbocycles. The van der Waals surface area contributed by atoms with Crippen LogP contribution in [0.4, 0.5) is 0 Å². The zero-order valence-corrected chi connectivity index (χ0v) is 23.2. The molecule has 5 nitrogen and oxygen atoms in total. The standard InChI is InChI=1S/C31H34Cl2N2O3/c1-22-9-8-12-24(17-22)20-35(30(36)21-38-29-16-15-25(32)19-27(29)33)28(18-23-10-4-2-5-11-23)31(37)34-26-13-6-3-7-14-26/h2,4-5,8-12,15-17,19,26,28H,3,6-7,13-14,18,20-21H2,1H3,(H,34,37)/t28-/m1/s1. The lowest BCUT2D eigenvalue weighted by Gasteiger charge is -2.33. The van der Waals surface area contributed by atoms with Crippen LogP contribution in [-0.4, -0.2) is 35.4 Å². The molecule has 1 aliphatic rings. The van der Waals surface area contributed by atoms with E-state index in [4.69, 9.17) is 27.9 Å². The summed E-state index contributed by atoms with van der Waals surface area (Å²) >= 11 is 12.3. The predicted molar refractivity (Wildman–Crippen MR) is 153 cm³/mol. The van der Waals surface area contributed by atoms with Gasteiger partial charge in [0, 0.05) is 24.0 Å². The van der Waals surface area contributed by atoms with E-state index in [1.807, 2.05) is 61.5 Å². The van der Waals surface area contributed by atoms with Crippen LogP contribution in [0.1, 0.15) is 48.8 Å². The number of nitrogens with one attached hydrogen (secondary N) is 1. The molecule has 0 spiro atoms. The zero-order valence-electron chi connectivity index (χ0n) is 21.7. The van der Waals surface area contributed by atoms with Crippen molar-refractivity contribution in [1.82, 2.24) is 10.2 Å². The van der Waals surface area contributed by atoms with E-state index in [1.165, 1.54) is 6.42 Å². The van der Waals surface area contributed by atoms with Gasteiger partial charge in [0.05, 0.1) is 5.02 Å². The fourth-order valence-electron chi connectivity index (χ4n) is 4.92. The van der Waals surface area contributed by atoms with Crippen LogP contribution in [-0.2, 0) is 22.6 Å². The van der Waals surface area contributed by atoms with Gasteiger partial charge in [-0.3, -0.25) is 9.59 Å². The monoisotopic (exact) mass is 552 g/mol. The first-order chi connectivity index (χ1) is 18.4. The lowest BCUT2D eigenvalue weighted by atomic mass is 9.94. The number of rotatable bonds is 10. The third-order valence-electron chi connectivity index (χ3n) is 6.90. The maximum absolute atomic E-state index is 13.8. The van der Waals surface area contributed by atoms with Gasteiger partial charge in [0.2, 0.25) is 5.91 Å². The van der Waals surface area contributed by atoms with E-state index >= 15 is 0 Å². The summed E-state index contributed by atoms with van der Waals surface area (Å²) in [7, 11) is 0. The Balaban J connectivity index is 1.62. The summed E-state index contributed by atoms with van der Waals surface area (Å²) in [6.45, 7) is 2.04. The molecule has 38 heavy (non-hydrogen) atoms. The first-order valence-corrected chi connectivity index (χ1v) is 13.9. The molecule has 200 valence electrons. The Morgan fingerprint density at radius 3 is 2.39 bits per heavy atom. The van der Waals surface area contributed by atoms with Crippen molar-refractivity contribution >= 4 is 35.0 Å². The number of nitrogens with zero attached hydrogens (tertiary/aromatic N) is 1. The minimum absolute atomic E-state index is 0.133. The number of ether oxygens (including phenoxy) is 1. The highest BCUT2D eigenvalue weighted by Gasteiger charge is 2.32. The predicted octanol–water partition coefficient (Wildman–Crippen LogP) is 6.77. The van der Waals surface area contributed by atoms with Crippen LogP contribution in [0.5, 0.6) is 5.75 Å². The molecule has 0 heterocycles. The minimum atomic E-state index is -0.698. The second kappa shape index (κ2) is 13.7. The third-order valence-corrected chi connectivity index (χ3v) is 7.43. The number of halogens is 2. The molecular weight excluding hydrogens is 519 g/mol. The quantitative estimate of drug-likeness (QED) is 0.302. The van der Waals surface area contributed by atoms with Crippen molar-refractivity contribution in [2.24, 2.45) is 0 Å². The molecule has 1 aliphatic carbocycles. The van der Waals surface area contributed by atoms with Gasteiger partial charge < -0.3 is 15.0 Å². The molecule has 1 fully saturated rings. The van der Waals surface area contributed by atoms with E-state index in [2.05, 4.69) is 5.32 Å². The third kappa shape index (κ3) is 7.99. The van der Waals surface area contributed by atoms with Gasteiger partial charge in [0.15, 0.2) is 6.61 Å². The van der Waals surface area contributed by atoms with E-state index in [-0.39, 0.29) is 31.0 Å². The van der Waals surface area contributed by atoms with Crippen LogP contribution < -0.4 is 10.1 Å². The lowest BCUT2D eigenvalue weighted by Crippen LogP contribution is -2.53. The van der Waals surface area contributed by atoms with Gasteiger partial charge in [-0.05, 0) is 49.1 Å². The number of amides is 2. The Bertz CT molecular complexity index is 1230. The van der Waals surface area contributed by atoms with E-state index in [0.29, 0.717) is 22.2 Å². The summed E-state index contributed by atoms with van der Waals surface area (Å²) < 4.78 is 5.81. The van der Waals surface area contributed by atoms with Crippen molar-refractivity contribution < 1.29 is 14.3 Å².